The predicted octanol–water partition coefficient (Wildman–Crippen LogP) is 4.34. The van der Waals surface area contributed by atoms with Crippen LogP contribution >= 0.6 is 11.6 Å². The molecule has 6 nitrogen and oxygen atoms in total. The van der Waals surface area contributed by atoms with Gasteiger partial charge in [0.25, 0.3) is 5.91 Å². The van der Waals surface area contributed by atoms with E-state index in [9.17, 15) is 9.59 Å². The Kier molecular flexibility index (Phi) is 5.22. The second-order valence-corrected chi connectivity index (χ2v) is 7.62. The van der Waals surface area contributed by atoms with Gasteiger partial charge in [0.1, 0.15) is 11.8 Å². The number of carbonyl (C=O) groups is 2. The van der Waals surface area contributed by atoms with Gasteiger partial charge in [-0.15, -0.1) is 0 Å². The molecule has 2 heterocycles. The Hall–Kier alpha value is -2.60. The predicted molar refractivity (Wildman–Crippen MR) is 104 cm³/mol. The van der Waals surface area contributed by atoms with Crippen molar-refractivity contribution in [2.24, 2.45) is 11.0 Å². The Morgan fingerprint density at radius 2 is 2.00 bits per heavy atom. The van der Waals surface area contributed by atoms with Crippen molar-refractivity contribution in [2.75, 3.05) is 0 Å². The van der Waals surface area contributed by atoms with Crippen LogP contribution in [-0.4, -0.2) is 28.7 Å². The highest BCUT2D eigenvalue weighted by atomic mass is 35.5. The van der Waals surface area contributed by atoms with Gasteiger partial charge in [0, 0.05) is 11.4 Å². The summed E-state index contributed by atoms with van der Waals surface area (Å²) in [5, 5.41) is 6.55. The number of esters is 1. The first-order valence-corrected chi connectivity index (χ1v) is 9.81. The van der Waals surface area contributed by atoms with E-state index in [-0.39, 0.29) is 23.8 Å². The number of rotatable bonds is 5. The van der Waals surface area contributed by atoms with Crippen molar-refractivity contribution in [1.29, 1.82) is 0 Å². The topological polar surface area (TPSA) is 72.1 Å². The molecule has 2 atom stereocenters. The Balaban J connectivity index is 1.55. The lowest BCUT2D eigenvalue weighted by atomic mass is 9.86. The van der Waals surface area contributed by atoms with Crippen molar-refractivity contribution in [2.45, 2.75) is 44.8 Å². The molecule has 0 spiro atoms. The van der Waals surface area contributed by atoms with Gasteiger partial charge in [-0.25, -0.2) is 5.01 Å². The van der Waals surface area contributed by atoms with Gasteiger partial charge in [0.05, 0.1) is 17.9 Å². The highest BCUT2D eigenvalue weighted by Crippen LogP contribution is 2.34. The average molecular weight is 401 g/mol. The summed E-state index contributed by atoms with van der Waals surface area (Å²) in [6.45, 7) is 1.59. The molecular formula is C21H21ClN2O4. The van der Waals surface area contributed by atoms with Gasteiger partial charge in [-0.3, -0.25) is 9.59 Å². The fourth-order valence-electron chi connectivity index (χ4n) is 3.38. The number of furan rings is 1. The lowest BCUT2D eigenvalue weighted by Crippen LogP contribution is -2.39. The van der Waals surface area contributed by atoms with Crippen LogP contribution in [0.5, 0.6) is 0 Å². The van der Waals surface area contributed by atoms with E-state index >= 15 is 0 Å². The van der Waals surface area contributed by atoms with Crippen LogP contribution in [0.25, 0.3) is 0 Å². The molecule has 1 fully saturated rings. The third-order valence-electron chi connectivity index (χ3n) is 5.26. The van der Waals surface area contributed by atoms with E-state index in [1.54, 1.807) is 31.4 Å². The molecule has 146 valence electrons. The van der Waals surface area contributed by atoms with Crippen LogP contribution < -0.4 is 0 Å². The van der Waals surface area contributed by atoms with Crippen molar-refractivity contribution in [3.8, 4) is 0 Å². The van der Waals surface area contributed by atoms with Crippen LogP contribution in [0.1, 0.15) is 50.0 Å². The molecule has 7 heteroatoms. The summed E-state index contributed by atoms with van der Waals surface area (Å²) in [5.74, 6) is -0.109. The number of nitrogens with zero attached hydrogens (tertiary/aromatic N) is 2. The third kappa shape index (κ3) is 3.69. The second kappa shape index (κ2) is 7.80. The first-order valence-electron chi connectivity index (χ1n) is 9.43. The number of hydrazone groups is 1. The largest absolute Gasteiger partial charge is 0.467 e. The van der Waals surface area contributed by atoms with E-state index < -0.39 is 6.10 Å². The van der Waals surface area contributed by atoms with Crippen molar-refractivity contribution in [1.82, 2.24) is 5.01 Å². The molecule has 0 bridgehead atoms. The van der Waals surface area contributed by atoms with E-state index in [2.05, 4.69) is 5.10 Å². The van der Waals surface area contributed by atoms with Gasteiger partial charge in [-0.1, -0.05) is 30.2 Å². The maximum absolute atomic E-state index is 13.0. The summed E-state index contributed by atoms with van der Waals surface area (Å²) in [5.41, 5.74) is 1.64. The number of hydrogen-bond donors (Lipinski definition) is 0. The van der Waals surface area contributed by atoms with Crippen LogP contribution in [0.2, 0.25) is 5.02 Å². The lowest BCUT2D eigenvalue weighted by Gasteiger charge is -2.27. The Labute approximate surface area is 168 Å². The van der Waals surface area contributed by atoms with Gasteiger partial charge < -0.3 is 9.15 Å². The maximum atomic E-state index is 13.0. The fourth-order valence-corrected chi connectivity index (χ4v) is 3.51. The number of halogens is 1. The minimum Gasteiger partial charge on any atom is -0.467 e. The molecule has 1 saturated carbocycles. The first kappa shape index (κ1) is 18.7. The molecule has 1 aliphatic carbocycles. The van der Waals surface area contributed by atoms with E-state index in [4.69, 9.17) is 20.8 Å². The summed E-state index contributed by atoms with van der Waals surface area (Å²) >= 11 is 5.97. The third-order valence-corrected chi connectivity index (χ3v) is 5.52. The van der Waals surface area contributed by atoms with Crippen LogP contribution in [-0.2, 0) is 14.3 Å². The number of hydrogen-bond acceptors (Lipinski definition) is 5. The molecule has 4 rings (SSSR count). The van der Waals surface area contributed by atoms with Crippen LogP contribution in [0.4, 0.5) is 0 Å². The van der Waals surface area contributed by atoms with Gasteiger partial charge in [-0.2, -0.15) is 5.10 Å². The Morgan fingerprint density at radius 1 is 1.25 bits per heavy atom. The summed E-state index contributed by atoms with van der Waals surface area (Å²) in [7, 11) is 0. The smallest absolute Gasteiger partial charge is 0.309 e. The molecule has 1 aliphatic heterocycles. The Bertz CT molecular complexity index is 888. The van der Waals surface area contributed by atoms with Crippen molar-refractivity contribution in [3.63, 3.8) is 0 Å². The van der Waals surface area contributed by atoms with E-state index in [0.29, 0.717) is 17.2 Å². The number of amides is 1. The minimum absolute atomic E-state index is 0.0807. The molecule has 0 radical (unpaired) electrons. The van der Waals surface area contributed by atoms with Crippen LogP contribution in [0, 0.1) is 5.92 Å². The number of carbonyl (C=O) groups excluding carboxylic acids is 2. The minimum atomic E-state index is -0.904. The van der Waals surface area contributed by atoms with E-state index in [1.807, 2.05) is 18.2 Å². The van der Waals surface area contributed by atoms with Crippen LogP contribution in [0.15, 0.2) is 52.2 Å². The summed E-state index contributed by atoms with van der Waals surface area (Å²) in [6, 6.07) is 10.5. The summed E-state index contributed by atoms with van der Waals surface area (Å²) in [4.78, 5) is 25.1. The highest BCUT2D eigenvalue weighted by molar-refractivity contribution is 6.30. The SMILES string of the molecule is C[C@H](OC(=O)C1CCC1)C(=O)N1N=C(c2ccc(Cl)cc2)C[C@H]1c1ccco1. The molecule has 28 heavy (non-hydrogen) atoms. The lowest BCUT2D eigenvalue weighted by molar-refractivity contribution is -0.165. The molecule has 0 N–H and O–H groups in total. The zero-order valence-corrected chi connectivity index (χ0v) is 16.3. The number of ether oxygens (including phenoxy) is 1. The van der Waals surface area contributed by atoms with Crippen LogP contribution in [0.3, 0.4) is 0 Å². The van der Waals surface area contributed by atoms with Crippen molar-refractivity contribution >= 4 is 29.2 Å². The molecule has 2 aliphatic rings. The summed E-state index contributed by atoms with van der Waals surface area (Å²) < 4.78 is 10.9. The quantitative estimate of drug-likeness (QED) is 0.700. The van der Waals surface area contributed by atoms with E-state index in [1.165, 1.54) is 5.01 Å². The molecule has 1 aromatic carbocycles. The molecule has 1 amide bonds. The summed E-state index contributed by atoms with van der Waals surface area (Å²) in [6.07, 6.45) is 3.86. The molecule has 1 aromatic heterocycles. The molecule has 0 unspecified atom stereocenters. The molecule has 0 saturated heterocycles. The standard InChI is InChI=1S/C21H21ClN2O4/c1-13(28-21(26)15-4-2-5-15)20(25)24-18(19-6-3-11-27-19)12-17(23-24)14-7-9-16(22)10-8-14/h3,6-11,13,15,18H,2,4-5,12H2,1H3/t13-,18-/m0/s1. The monoisotopic (exact) mass is 400 g/mol. The average Bonchev–Trinajstić information content (AvgIpc) is 3.29. The van der Waals surface area contributed by atoms with Crippen molar-refractivity contribution < 1.29 is 18.7 Å². The number of benzene rings is 1. The first-order chi connectivity index (χ1) is 13.5. The van der Waals surface area contributed by atoms with Gasteiger partial charge in [0.15, 0.2) is 6.10 Å². The zero-order valence-electron chi connectivity index (χ0n) is 15.5. The fraction of sp³-hybridized carbons (Fsp3) is 0.381. The maximum Gasteiger partial charge on any atom is 0.309 e. The Morgan fingerprint density at radius 3 is 2.61 bits per heavy atom. The van der Waals surface area contributed by atoms with Crippen molar-refractivity contribution in [3.05, 3.63) is 59.0 Å². The van der Waals surface area contributed by atoms with Gasteiger partial charge in [0.2, 0.25) is 0 Å². The highest BCUT2D eigenvalue weighted by Gasteiger charge is 2.38. The van der Waals surface area contributed by atoms with E-state index in [0.717, 1.165) is 30.5 Å². The zero-order chi connectivity index (χ0) is 19.7. The van der Waals surface area contributed by atoms with Gasteiger partial charge >= 0.3 is 5.97 Å². The second-order valence-electron chi connectivity index (χ2n) is 7.18. The molecular weight excluding hydrogens is 380 g/mol. The van der Waals surface area contributed by atoms with Gasteiger partial charge in [-0.05, 0) is 49.6 Å². The molecule has 2 aromatic rings. The normalized spacial score (nSPS) is 20.4.